The maximum Gasteiger partial charge on any atom is 0.335 e. The lowest BCUT2D eigenvalue weighted by Gasteiger charge is -2.28. The summed E-state index contributed by atoms with van der Waals surface area (Å²) in [6.07, 6.45) is -1.38. The van der Waals surface area contributed by atoms with Crippen molar-refractivity contribution in [2.24, 2.45) is 11.5 Å². The van der Waals surface area contributed by atoms with Crippen molar-refractivity contribution in [2.45, 2.75) is 24.1 Å². The van der Waals surface area contributed by atoms with Gasteiger partial charge in [-0.25, -0.2) is 19.4 Å². The molecule has 0 spiro atoms. The summed E-state index contributed by atoms with van der Waals surface area (Å²) in [5.41, 5.74) is 8.68. The van der Waals surface area contributed by atoms with Gasteiger partial charge in [-0.3, -0.25) is 0 Å². The molecule has 1 heterocycles. The van der Waals surface area contributed by atoms with E-state index in [4.69, 9.17) is 40.9 Å². The first-order valence-corrected chi connectivity index (χ1v) is 6.33. The lowest BCUT2D eigenvalue weighted by atomic mass is 9.90. The lowest BCUT2D eigenvalue weighted by molar-refractivity contribution is -0.341. The molecule has 0 aromatic carbocycles. The van der Waals surface area contributed by atoms with E-state index in [9.17, 15) is 9.59 Å². The van der Waals surface area contributed by atoms with Crippen LogP contribution in [0.15, 0.2) is 0 Å². The van der Waals surface area contributed by atoms with Crippen molar-refractivity contribution in [3.05, 3.63) is 0 Å². The van der Waals surface area contributed by atoms with E-state index in [1.165, 1.54) is 0 Å². The molecule has 1 rings (SSSR count). The molecule has 1 aliphatic heterocycles. The van der Waals surface area contributed by atoms with Gasteiger partial charge < -0.3 is 31.2 Å². The molecule has 0 aromatic heterocycles. The Bertz CT molecular complexity index is 340. The molecule has 0 aromatic rings. The topological polar surface area (TPSA) is 164 Å². The van der Waals surface area contributed by atoms with Crippen molar-refractivity contribution in [1.82, 2.24) is 0 Å². The van der Waals surface area contributed by atoms with Crippen LogP contribution in [0.4, 0.5) is 0 Å². The monoisotopic (exact) mass is 308 g/mol. The van der Waals surface area contributed by atoms with Gasteiger partial charge in [-0.1, -0.05) is 0 Å². The minimum atomic E-state index is -2.50. The average Bonchev–Trinajstić information content (AvgIpc) is 2.43. The van der Waals surface area contributed by atoms with Crippen LogP contribution in [0.5, 0.6) is 0 Å². The standard InChI is InChI=1S/C11H20N2O8/c12-7(5-11(13,9(14)15)10(16)17)8-6-19-2-1-18-3-4-20-21-8/h7-8H,1-6,12-13H2,(H,14,15)(H,16,17). The van der Waals surface area contributed by atoms with E-state index < -0.39 is 36.0 Å². The fraction of sp³-hybridized carbons (Fsp3) is 0.818. The normalized spacial score (nSPS) is 23.2. The van der Waals surface area contributed by atoms with E-state index in [1.807, 2.05) is 0 Å². The molecule has 0 saturated carbocycles. The summed E-state index contributed by atoms with van der Waals surface area (Å²) in [6, 6.07) is -0.998. The zero-order chi connectivity index (χ0) is 15.9. The maximum atomic E-state index is 11.0. The van der Waals surface area contributed by atoms with Crippen LogP contribution in [0.2, 0.25) is 0 Å². The highest BCUT2D eigenvalue weighted by Crippen LogP contribution is 2.15. The molecule has 122 valence electrons. The van der Waals surface area contributed by atoms with Gasteiger partial charge in [-0.15, -0.1) is 0 Å². The second kappa shape index (κ2) is 8.22. The summed E-state index contributed by atoms with van der Waals surface area (Å²) in [6.45, 7) is 1.14. The Morgan fingerprint density at radius 2 is 1.71 bits per heavy atom. The van der Waals surface area contributed by atoms with E-state index in [1.54, 1.807) is 0 Å². The van der Waals surface area contributed by atoms with E-state index in [2.05, 4.69) is 0 Å². The van der Waals surface area contributed by atoms with Crippen LogP contribution in [-0.2, 0) is 28.8 Å². The van der Waals surface area contributed by atoms with Gasteiger partial charge in [-0.2, -0.15) is 0 Å². The maximum absolute atomic E-state index is 11.0. The van der Waals surface area contributed by atoms with Crippen molar-refractivity contribution in [3.63, 3.8) is 0 Å². The predicted octanol–water partition coefficient (Wildman–Crippen LogP) is -2.07. The number of nitrogens with two attached hydrogens (primary N) is 2. The largest absolute Gasteiger partial charge is 0.479 e. The molecule has 0 amide bonds. The first-order valence-electron chi connectivity index (χ1n) is 6.33. The van der Waals surface area contributed by atoms with Crippen LogP contribution in [0, 0.1) is 0 Å². The summed E-state index contributed by atoms with van der Waals surface area (Å²) in [4.78, 5) is 31.9. The Morgan fingerprint density at radius 3 is 2.33 bits per heavy atom. The van der Waals surface area contributed by atoms with Gasteiger partial charge in [0, 0.05) is 12.5 Å². The van der Waals surface area contributed by atoms with Crippen LogP contribution >= 0.6 is 0 Å². The summed E-state index contributed by atoms with van der Waals surface area (Å²) in [5, 5.41) is 17.9. The first-order chi connectivity index (χ1) is 9.88. The van der Waals surface area contributed by atoms with Gasteiger partial charge in [0.15, 0.2) is 0 Å². The van der Waals surface area contributed by atoms with Crippen LogP contribution < -0.4 is 11.5 Å². The van der Waals surface area contributed by atoms with Crippen molar-refractivity contribution in [2.75, 3.05) is 33.0 Å². The molecule has 10 nitrogen and oxygen atoms in total. The van der Waals surface area contributed by atoms with Crippen LogP contribution in [-0.4, -0.2) is 72.9 Å². The smallest absolute Gasteiger partial charge is 0.335 e. The van der Waals surface area contributed by atoms with Crippen molar-refractivity contribution >= 4 is 11.9 Å². The second-order valence-electron chi connectivity index (χ2n) is 4.59. The third-order valence-electron chi connectivity index (χ3n) is 2.96. The SMILES string of the molecule is NC(CC(N)(C(=O)O)C(=O)O)C1COCCOCCOO1. The summed E-state index contributed by atoms with van der Waals surface area (Å²) in [5.74, 6) is -3.36. The Morgan fingerprint density at radius 1 is 1.14 bits per heavy atom. The predicted molar refractivity (Wildman–Crippen MR) is 67.2 cm³/mol. The number of ether oxygens (including phenoxy) is 2. The fourth-order valence-electron chi connectivity index (χ4n) is 1.64. The first kappa shape index (κ1) is 17.8. The number of aliphatic carboxylic acids is 2. The highest BCUT2D eigenvalue weighted by Gasteiger charge is 2.45. The summed E-state index contributed by atoms with van der Waals surface area (Å²) >= 11 is 0. The zero-order valence-electron chi connectivity index (χ0n) is 11.4. The third-order valence-corrected chi connectivity index (χ3v) is 2.96. The van der Waals surface area contributed by atoms with Crippen LogP contribution in [0.1, 0.15) is 6.42 Å². The number of carbonyl (C=O) groups is 2. The minimum absolute atomic E-state index is 0.000154. The second-order valence-corrected chi connectivity index (χ2v) is 4.59. The lowest BCUT2D eigenvalue weighted by Crippen LogP contribution is -2.59. The Kier molecular flexibility index (Phi) is 6.95. The molecule has 0 bridgehead atoms. The van der Waals surface area contributed by atoms with Gasteiger partial charge in [0.1, 0.15) is 12.7 Å². The van der Waals surface area contributed by atoms with Crippen molar-refractivity contribution in [1.29, 1.82) is 0 Å². The Labute approximate surface area is 120 Å². The number of hydrogen-bond acceptors (Lipinski definition) is 8. The average molecular weight is 308 g/mol. The molecule has 1 saturated heterocycles. The molecule has 6 N–H and O–H groups in total. The minimum Gasteiger partial charge on any atom is -0.479 e. The molecule has 10 heteroatoms. The molecule has 2 unspecified atom stereocenters. The van der Waals surface area contributed by atoms with Gasteiger partial charge in [0.25, 0.3) is 0 Å². The third kappa shape index (κ3) is 5.19. The highest BCUT2D eigenvalue weighted by atomic mass is 17.2. The van der Waals surface area contributed by atoms with Crippen molar-refractivity contribution < 1.29 is 39.1 Å². The number of carboxylic acids is 2. The van der Waals surface area contributed by atoms with Gasteiger partial charge in [0.05, 0.1) is 26.4 Å². The zero-order valence-corrected chi connectivity index (χ0v) is 11.4. The van der Waals surface area contributed by atoms with E-state index in [-0.39, 0.29) is 13.2 Å². The molecule has 0 aliphatic carbocycles. The number of carboxylic acid groups (broad SMARTS) is 2. The van der Waals surface area contributed by atoms with E-state index in [0.717, 1.165) is 0 Å². The molecular weight excluding hydrogens is 288 g/mol. The quantitative estimate of drug-likeness (QED) is 0.327. The van der Waals surface area contributed by atoms with E-state index >= 15 is 0 Å². The summed E-state index contributed by atoms with van der Waals surface area (Å²) < 4.78 is 10.3. The van der Waals surface area contributed by atoms with Gasteiger partial charge in [-0.05, 0) is 0 Å². The van der Waals surface area contributed by atoms with Gasteiger partial charge >= 0.3 is 11.9 Å². The van der Waals surface area contributed by atoms with E-state index in [0.29, 0.717) is 19.8 Å². The van der Waals surface area contributed by atoms with Crippen LogP contribution in [0.25, 0.3) is 0 Å². The molecule has 2 atom stereocenters. The van der Waals surface area contributed by atoms with Crippen LogP contribution in [0.3, 0.4) is 0 Å². The molecule has 1 fully saturated rings. The number of hydrogen-bond donors (Lipinski definition) is 4. The molecule has 0 radical (unpaired) electrons. The molecule has 1 aliphatic rings. The Hall–Kier alpha value is -1.30. The fourth-order valence-corrected chi connectivity index (χ4v) is 1.64. The molecule has 21 heavy (non-hydrogen) atoms. The summed E-state index contributed by atoms with van der Waals surface area (Å²) in [7, 11) is 0. The molecular formula is C11H20N2O8. The Balaban J connectivity index is 2.67. The highest BCUT2D eigenvalue weighted by molar-refractivity contribution is 6.02. The van der Waals surface area contributed by atoms with Gasteiger partial charge in [0.2, 0.25) is 5.54 Å². The number of rotatable bonds is 5. The van der Waals surface area contributed by atoms with Crippen molar-refractivity contribution in [3.8, 4) is 0 Å².